The first-order chi connectivity index (χ1) is 9.36. The molecule has 0 fully saturated rings. The van der Waals surface area contributed by atoms with Gasteiger partial charge >= 0.3 is 0 Å². The third kappa shape index (κ3) is 2.51. The van der Waals surface area contributed by atoms with Crippen LogP contribution in [0.1, 0.15) is 43.7 Å². The second-order valence-electron chi connectivity index (χ2n) is 5.13. The second kappa shape index (κ2) is 5.49. The molecule has 0 radical (unpaired) electrons. The van der Waals surface area contributed by atoms with E-state index in [2.05, 4.69) is 22.1 Å². The number of nitrogens with two attached hydrogens (primary N) is 1. The van der Waals surface area contributed by atoms with Gasteiger partial charge in [-0.3, -0.25) is 9.97 Å². The Kier molecular flexibility index (Phi) is 3.56. The van der Waals surface area contributed by atoms with Gasteiger partial charge in [-0.1, -0.05) is 30.2 Å². The maximum absolute atomic E-state index is 6.47. The molecule has 0 amide bonds. The fourth-order valence-electron chi connectivity index (χ4n) is 2.79. The number of rotatable bonds is 2. The normalized spacial score (nSPS) is 17.8. The van der Waals surface area contributed by atoms with E-state index in [4.69, 9.17) is 5.73 Å². The van der Waals surface area contributed by atoms with Crippen LogP contribution in [0.5, 0.6) is 0 Å². The van der Waals surface area contributed by atoms with Crippen LogP contribution < -0.4 is 5.73 Å². The Morgan fingerprint density at radius 1 is 1.05 bits per heavy atom. The summed E-state index contributed by atoms with van der Waals surface area (Å²) in [4.78, 5) is 8.80. The number of hydrogen-bond acceptors (Lipinski definition) is 3. The van der Waals surface area contributed by atoms with Crippen LogP contribution >= 0.6 is 0 Å². The lowest BCUT2D eigenvalue weighted by Gasteiger charge is -2.17. The van der Waals surface area contributed by atoms with E-state index in [-0.39, 0.29) is 6.04 Å². The molecule has 3 nitrogen and oxygen atoms in total. The topological polar surface area (TPSA) is 51.8 Å². The average molecular weight is 253 g/mol. The van der Waals surface area contributed by atoms with Crippen LogP contribution in [0.25, 0.3) is 11.0 Å². The van der Waals surface area contributed by atoms with Crippen molar-refractivity contribution < 1.29 is 0 Å². The fourth-order valence-corrected chi connectivity index (χ4v) is 2.79. The first-order valence-electron chi connectivity index (χ1n) is 7.00. The summed E-state index contributed by atoms with van der Waals surface area (Å²) in [7, 11) is 0. The lowest BCUT2D eigenvalue weighted by atomic mass is 9.95. The first kappa shape index (κ1) is 12.3. The monoisotopic (exact) mass is 253 g/mol. The summed E-state index contributed by atoms with van der Waals surface area (Å²) in [5, 5.41) is 0. The summed E-state index contributed by atoms with van der Waals surface area (Å²) in [5.41, 5.74) is 10.8. The molecule has 3 heteroatoms. The minimum atomic E-state index is -0.0431. The highest BCUT2D eigenvalue weighted by molar-refractivity contribution is 5.78. The molecule has 1 heterocycles. The minimum Gasteiger partial charge on any atom is -0.320 e. The number of aromatic nitrogens is 2. The van der Waals surface area contributed by atoms with Gasteiger partial charge in [0.2, 0.25) is 0 Å². The molecule has 0 bridgehead atoms. The van der Waals surface area contributed by atoms with Crippen molar-refractivity contribution in [3.63, 3.8) is 0 Å². The van der Waals surface area contributed by atoms with Crippen molar-refractivity contribution in [2.45, 2.75) is 38.1 Å². The Bertz CT molecular complexity index is 598. The number of benzene rings is 1. The number of nitrogens with zero attached hydrogens (tertiary/aromatic N) is 2. The lowest BCUT2D eigenvalue weighted by molar-refractivity contribution is 0.689. The van der Waals surface area contributed by atoms with Gasteiger partial charge in [0.1, 0.15) is 0 Å². The second-order valence-corrected chi connectivity index (χ2v) is 5.13. The molecule has 0 aliphatic heterocycles. The van der Waals surface area contributed by atoms with Crippen LogP contribution in [0, 0.1) is 0 Å². The van der Waals surface area contributed by atoms with Gasteiger partial charge in [0, 0.05) is 18.0 Å². The van der Waals surface area contributed by atoms with Crippen LogP contribution in [0.3, 0.4) is 0 Å². The van der Waals surface area contributed by atoms with E-state index in [9.17, 15) is 0 Å². The number of para-hydroxylation sites is 1. The number of hydrogen-bond donors (Lipinski definition) is 1. The molecule has 0 saturated heterocycles. The maximum atomic E-state index is 6.47. The first-order valence-corrected chi connectivity index (χ1v) is 7.00. The molecular formula is C16H19N3. The molecule has 19 heavy (non-hydrogen) atoms. The Morgan fingerprint density at radius 3 is 2.89 bits per heavy atom. The lowest BCUT2D eigenvalue weighted by Crippen LogP contribution is -2.14. The van der Waals surface area contributed by atoms with Gasteiger partial charge in [-0.2, -0.15) is 0 Å². The van der Waals surface area contributed by atoms with E-state index in [1.165, 1.54) is 24.8 Å². The van der Waals surface area contributed by atoms with E-state index in [1.807, 2.05) is 12.1 Å². The molecule has 1 aliphatic rings. The summed E-state index contributed by atoms with van der Waals surface area (Å²) < 4.78 is 0. The SMILES string of the molecule is NC(C1=CCCCCC1)c1cccc2nccnc12. The van der Waals surface area contributed by atoms with Crippen molar-refractivity contribution in [3.05, 3.63) is 47.8 Å². The molecule has 0 spiro atoms. The molecule has 2 N–H and O–H groups in total. The molecule has 1 aliphatic carbocycles. The summed E-state index contributed by atoms with van der Waals surface area (Å²) in [6.07, 6.45) is 11.9. The Morgan fingerprint density at radius 2 is 1.95 bits per heavy atom. The predicted molar refractivity (Wildman–Crippen MR) is 77.6 cm³/mol. The summed E-state index contributed by atoms with van der Waals surface area (Å²) in [5.74, 6) is 0. The molecule has 1 aromatic heterocycles. The standard InChI is InChI=1S/C16H19N3/c17-15(12-6-3-1-2-4-7-12)13-8-5-9-14-16(13)19-11-10-18-14/h5-6,8-11,15H,1-4,7,17H2. The summed E-state index contributed by atoms with van der Waals surface area (Å²) in [6, 6.07) is 6.04. The zero-order chi connectivity index (χ0) is 13.1. The zero-order valence-corrected chi connectivity index (χ0v) is 11.0. The summed E-state index contributed by atoms with van der Waals surface area (Å²) >= 11 is 0. The van der Waals surface area contributed by atoms with E-state index in [0.717, 1.165) is 29.4 Å². The summed E-state index contributed by atoms with van der Waals surface area (Å²) in [6.45, 7) is 0. The molecule has 1 unspecified atom stereocenters. The van der Waals surface area contributed by atoms with Crippen molar-refractivity contribution in [1.82, 2.24) is 9.97 Å². The smallest absolute Gasteiger partial charge is 0.0937 e. The van der Waals surface area contributed by atoms with Crippen molar-refractivity contribution >= 4 is 11.0 Å². The fraction of sp³-hybridized carbons (Fsp3) is 0.375. The molecule has 2 aromatic rings. The van der Waals surface area contributed by atoms with Crippen molar-refractivity contribution in [2.24, 2.45) is 5.73 Å². The van der Waals surface area contributed by atoms with Crippen molar-refractivity contribution in [3.8, 4) is 0 Å². The highest BCUT2D eigenvalue weighted by atomic mass is 14.8. The molecule has 3 rings (SSSR count). The Hall–Kier alpha value is -1.74. The number of fused-ring (bicyclic) bond motifs is 1. The van der Waals surface area contributed by atoms with Gasteiger partial charge in [0.25, 0.3) is 0 Å². The van der Waals surface area contributed by atoms with Gasteiger partial charge in [-0.15, -0.1) is 0 Å². The quantitative estimate of drug-likeness (QED) is 0.833. The average Bonchev–Trinajstić information content (AvgIpc) is 2.75. The van der Waals surface area contributed by atoms with Crippen LogP contribution in [0.15, 0.2) is 42.2 Å². The van der Waals surface area contributed by atoms with Crippen LogP contribution in [-0.2, 0) is 0 Å². The Balaban J connectivity index is 2.01. The molecular weight excluding hydrogens is 234 g/mol. The van der Waals surface area contributed by atoms with E-state index >= 15 is 0 Å². The molecule has 0 saturated carbocycles. The Labute approximate surface area is 113 Å². The van der Waals surface area contributed by atoms with Crippen molar-refractivity contribution in [1.29, 1.82) is 0 Å². The van der Waals surface area contributed by atoms with E-state index in [0.29, 0.717) is 0 Å². The number of allylic oxidation sites excluding steroid dienone is 1. The van der Waals surface area contributed by atoms with E-state index < -0.39 is 0 Å². The van der Waals surface area contributed by atoms with Crippen LogP contribution in [0.4, 0.5) is 0 Å². The molecule has 98 valence electrons. The highest BCUT2D eigenvalue weighted by Crippen LogP contribution is 2.30. The third-order valence-electron chi connectivity index (χ3n) is 3.84. The molecule has 1 atom stereocenters. The van der Waals surface area contributed by atoms with Crippen LogP contribution in [0.2, 0.25) is 0 Å². The van der Waals surface area contributed by atoms with Crippen LogP contribution in [-0.4, -0.2) is 9.97 Å². The maximum Gasteiger partial charge on any atom is 0.0937 e. The largest absolute Gasteiger partial charge is 0.320 e. The predicted octanol–water partition coefficient (Wildman–Crippen LogP) is 3.52. The highest BCUT2D eigenvalue weighted by Gasteiger charge is 2.16. The van der Waals surface area contributed by atoms with Crippen molar-refractivity contribution in [2.75, 3.05) is 0 Å². The minimum absolute atomic E-state index is 0.0431. The van der Waals surface area contributed by atoms with Gasteiger partial charge < -0.3 is 5.73 Å². The zero-order valence-electron chi connectivity index (χ0n) is 11.0. The van der Waals surface area contributed by atoms with Gasteiger partial charge in [-0.25, -0.2) is 0 Å². The van der Waals surface area contributed by atoms with Gasteiger partial charge in [0.05, 0.1) is 17.1 Å². The van der Waals surface area contributed by atoms with Gasteiger partial charge in [-0.05, 0) is 31.7 Å². The molecule has 1 aromatic carbocycles. The van der Waals surface area contributed by atoms with E-state index in [1.54, 1.807) is 12.4 Å². The van der Waals surface area contributed by atoms with Gasteiger partial charge in [0.15, 0.2) is 0 Å². The third-order valence-corrected chi connectivity index (χ3v) is 3.84.